The third-order valence-electron chi connectivity index (χ3n) is 5.62. The Bertz CT molecular complexity index is 770. The molecule has 0 spiro atoms. The first kappa shape index (κ1) is 17.0. The molecule has 2 atom stereocenters. The van der Waals surface area contributed by atoms with Crippen molar-refractivity contribution in [3.63, 3.8) is 0 Å². The first-order chi connectivity index (χ1) is 12.2. The molecule has 0 radical (unpaired) electrons. The Kier molecular flexibility index (Phi) is 5.04. The summed E-state index contributed by atoms with van der Waals surface area (Å²) in [6.07, 6.45) is 5.37. The van der Waals surface area contributed by atoms with Gasteiger partial charge in [0.2, 0.25) is 5.91 Å². The van der Waals surface area contributed by atoms with Crippen LogP contribution in [0.2, 0.25) is 0 Å². The molecule has 2 aliphatic heterocycles. The van der Waals surface area contributed by atoms with E-state index in [4.69, 9.17) is 0 Å². The third kappa shape index (κ3) is 3.58. The van der Waals surface area contributed by atoms with Gasteiger partial charge in [0, 0.05) is 18.0 Å². The molecular formula is C20H27N3OS. The summed E-state index contributed by atoms with van der Waals surface area (Å²) in [7, 11) is 0. The second kappa shape index (κ2) is 7.42. The summed E-state index contributed by atoms with van der Waals surface area (Å²) in [6.45, 7) is 4.72. The summed E-state index contributed by atoms with van der Waals surface area (Å²) < 4.78 is 2.15. The number of nitrogens with one attached hydrogen (secondary N) is 2. The Morgan fingerprint density at radius 1 is 1.32 bits per heavy atom. The molecule has 0 bridgehead atoms. The van der Waals surface area contributed by atoms with E-state index in [2.05, 4.69) is 46.5 Å². The van der Waals surface area contributed by atoms with Gasteiger partial charge in [-0.25, -0.2) is 0 Å². The number of hydrogen-bond acceptors (Lipinski definition) is 3. The molecule has 1 aromatic heterocycles. The highest BCUT2D eigenvalue weighted by Gasteiger charge is 2.23. The molecule has 25 heavy (non-hydrogen) atoms. The van der Waals surface area contributed by atoms with Crippen molar-refractivity contribution >= 4 is 28.6 Å². The fraction of sp³-hybridized carbons (Fsp3) is 0.550. The fourth-order valence-corrected chi connectivity index (χ4v) is 5.43. The van der Waals surface area contributed by atoms with E-state index in [1.165, 1.54) is 34.2 Å². The lowest BCUT2D eigenvalue weighted by Crippen LogP contribution is -2.44. The molecular weight excluding hydrogens is 330 g/mol. The number of carbonyl (C=O) groups is 1. The number of carbonyl (C=O) groups excluding carboxylic acids is 1. The quantitative estimate of drug-likeness (QED) is 0.888. The first-order valence-electron chi connectivity index (χ1n) is 9.40. The lowest BCUT2D eigenvalue weighted by Gasteiger charge is -2.29. The highest BCUT2D eigenvalue weighted by molar-refractivity contribution is 7.99. The van der Waals surface area contributed by atoms with Gasteiger partial charge >= 0.3 is 0 Å². The molecule has 1 saturated heterocycles. The number of rotatable bonds is 3. The van der Waals surface area contributed by atoms with Crippen LogP contribution in [-0.4, -0.2) is 41.1 Å². The summed E-state index contributed by atoms with van der Waals surface area (Å²) in [4.78, 5) is 12.7. The van der Waals surface area contributed by atoms with Crippen molar-refractivity contribution in [3.8, 4) is 0 Å². The van der Waals surface area contributed by atoms with Crippen molar-refractivity contribution < 1.29 is 4.79 Å². The number of benzene rings is 1. The van der Waals surface area contributed by atoms with E-state index < -0.39 is 0 Å². The molecule has 2 unspecified atom stereocenters. The largest absolute Gasteiger partial charge is 0.351 e. The molecule has 2 aliphatic rings. The maximum absolute atomic E-state index is 12.7. The van der Waals surface area contributed by atoms with Gasteiger partial charge in [0.1, 0.15) is 6.54 Å². The van der Waals surface area contributed by atoms with Gasteiger partial charge in [-0.1, -0.05) is 19.1 Å². The number of amides is 1. The van der Waals surface area contributed by atoms with Crippen LogP contribution >= 0.6 is 11.8 Å². The van der Waals surface area contributed by atoms with E-state index in [0.717, 1.165) is 31.7 Å². The number of fused-ring (bicyclic) bond motifs is 3. The molecule has 2 aromatic rings. The Morgan fingerprint density at radius 3 is 3.08 bits per heavy atom. The highest BCUT2D eigenvalue weighted by Crippen LogP contribution is 2.26. The van der Waals surface area contributed by atoms with Crippen molar-refractivity contribution in [2.45, 2.75) is 38.8 Å². The SMILES string of the molecule is CC1CCSCC1NC(=O)Cn1ccc2ccc3c(c21)CCNCC3. The standard InChI is InChI=1S/C20H27N3OS/c1-14-7-11-25-13-18(14)22-19(24)12-23-10-6-16-3-2-15-4-8-21-9-5-17(15)20(16)23/h2-3,6,10,14,18,21H,4-5,7-9,11-13H2,1H3,(H,22,24). The maximum atomic E-state index is 12.7. The fourth-order valence-electron chi connectivity index (χ4n) is 4.06. The summed E-state index contributed by atoms with van der Waals surface area (Å²) in [5, 5.41) is 8.00. The predicted molar refractivity (Wildman–Crippen MR) is 105 cm³/mol. The highest BCUT2D eigenvalue weighted by atomic mass is 32.2. The topological polar surface area (TPSA) is 46.1 Å². The molecule has 2 N–H and O–H groups in total. The van der Waals surface area contributed by atoms with E-state index in [0.29, 0.717) is 18.5 Å². The molecule has 1 aromatic carbocycles. The van der Waals surface area contributed by atoms with Gasteiger partial charge < -0.3 is 15.2 Å². The zero-order chi connectivity index (χ0) is 17.2. The Labute approximate surface area is 153 Å². The monoisotopic (exact) mass is 357 g/mol. The zero-order valence-corrected chi connectivity index (χ0v) is 15.7. The van der Waals surface area contributed by atoms with Crippen molar-refractivity contribution in [1.29, 1.82) is 0 Å². The minimum absolute atomic E-state index is 0.140. The van der Waals surface area contributed by atoms with Gasteiger partial charge in [0.15, 0.2) is 0 Å². The van der Waals surface area contributed by atoms with E-state index >= 15 is 0 Å². The first-order valence-corrected chi connectivity index (χ1v) is 10.6. The lowest BCUT2D eigenvalue weighted by atomic mass is 10.00. The maximum Gasteiger partial charge on any atom is 0.240 e. The Morgan fingerprint density at radius 2 is 2.20 bits per heavy atom. The Balaban J connectivity index is 1.56. The normalized spacial score (nSPS) is 23.9. The van der Waals surface area contributed by atoms with Crippen molar-refractivity contribution in [2.24, 2.45) is 5.92 Å². The summed E-state index contributed by atoms with van der Waals surface area (Å²) in [5.74, 6) is 2.98. The minimum Gasteiger partial charge on any atom is -0.351 e. The number of nitrogens with zero attached hydrogens (tertiary/aromatic N) is 1. The van der Waals surface area contributed by atoms with Crippen molar-refractivity contribution in [3.05, 3.63) is 35.5 Å². The van der Waals surface area contributed by atoms with Gasteiger partial charge in [0.05, 0.1) is 5.52 Å². The average molecular weight is 358 g/mol. The summed E-state index contributed by atoms with van der Waals surface area (Å²) >= 11 is 1.95. The van der Waals surface area contributed by atoms with E-state index in [9.17, 15) is 4.79 Å². The van der Waals surface area contributed by atoms with E-state index in [1.807, 2.05) is 11.8 Å². The number of hydrogen-bond donors (Lipinski definition) is 2. The van der Waals surface area contributed by atoms with Crippen LogP contribution in [0.3, 0.4) is 0 Å². The van der Waals surface area contributed by atoms with E-state index in [1.54, 1.807) is 0 Å². The van der Waals surface area contributed by atoms with Crippen LogP contribution in [-0.2, 0) is 24.2 Å². The molecule has 0 aliphatic carbocycles. The average Bonchev–Trinajstić information content (AvgIpc) is 2.86. The molecule has 134 valence electrons. The van der Waals surface area contributed by atoms with Gasteiger partial charge in [-0.05, 0) is 66.6 Å². The molecule has 4 rings (SSSR count). The van der Waals surface area contributed by atoms with Crippen LogP contribution in [0.15, 0.2) is 24.4 Å². The van der Waals surface area contributed by atoms with Crippen LogP contribution in [0, 0.1) is 5.92 Å². The molecule has 1 amide bonds. The lowest BCUT2D eigenvalue weighted by molar-refractivity contribution is -0.122. The summed E-state index contributed by atoms with van der Waals surface area (Å²) in [5.41, 5.74) is 4.10. The van der Waals surface area contributed by atoms with E-state index in [-0.39, 0.29) is 5.91 Å². The third-order valence-corrected chi connectivity index (χ3v) is 6.74. The molecule has 0 saturated carbocycles. The van der Waals surface area contributed by atoms with Gasteiger partial charge in [-0.15, -0.1) is 0 Å². The van der Waals surface area contributed by atoms with Crippen LogP contribution in [0.25, 0.3) is 10.9 Å². The minimum atomic E-state index is 0.140. The second-order valence-electron chi connectivity index (χ2n) is 7.35. The van der Waals surface area contributed by atoms with Gasteiger partial charge in [-0.2, -0.15) is 11.8 Å². The smallest absolute Gasteiger partial charge is 0.240 e. The number of aromatic nitrogens is 1. The molecule has 1 fully saturated rings. The Hall–Kier alpha value is -1.46. The molecule has 3 heterocycles. The summed E-state index contributed by atoms with van der Waals surface area (Å²) in [6, 6.07) is 6.92. The molecule has 5 heteroatoms. The van der Waals surface area contributed by atoms with Gasteiger partial charge in [-0.3, -0.25) is 4.79 Å². The van der Waals surface area contributed by atoms with Crippen LogP contribution in [0.5, 0.6) is 0 Å². The van der Waals surface area contributed by atoms with Crippen LogP contribution < -0.4 is 10.6 Å². The zero-order valence-electron chi connectivity index (χ0n) is 14.9. The predicted octanol–water partition coefficient (Wildman–Crippen LogP) is 2.59. The van der Waals surface area contributed by atoms with Gasteiger partial charge in [0.25, 0.3) is 0 Å². The second-order valence-corrected chi connectivity index (χ2v) is 8.50. The van der Waals surface area contributed by atoms with Crippen molar-refractivity contribution in [1.82, 2.24) is 15.2 Å². The molecule has 4 nitrogen and oxygen atoms in total. The van der Waals surface area contributed by atoms with Crippen molar-refractivity contribution in [2.75, 3.05) is 24.6 Å². The van der Waals surface area contributed by atoms with Crippen LogP contribution in [0.1, 0.15) is 24.5 Å². The van der Waals surface area contributed by atoms with Crippen LogP contribution in [0.4, 0.5) is 0 Å². The number of thioether (sulfide) groups is 1.